The van der Waals surface area contributed by atoms with Gasteiger partial charge in [0.25, 0.3) is 0 Å². The van der Waals surface area contributed by atoms with E-state index in [9.17, 15) is 18.8 Å². The lowest BCUT2D eigenvalue weighted by molar-refractivity contribution is -0.144. The van der Waals surface area contributed by atoms with Crippen molar-refractivity contribution in [2.45, 2.75) is 43.9 Å². The lowest BCUT2D eigenvalue weighted by Crippen LogP contribution is -2.50. The van der Waals surface area contributed by atoms with Crippen LogP contribution in [0.3, 0.4) is 0 Å². The summed E-state index contributed by atoms with van der Waals surface area (Å²) in [6.07, 6.45) is 4.87. The highest BCUT2D eigenvalue weighted by Gasteiger charge is 2.40. The molecule has 1 amide bonds. The van der Waals surface area contributed by atoms with Crippen LogP contribution in [0.5, 0.6) is 0 Å². The van der Waals surface area contributed by atoms with Gasteiger partial charge in [-0.05, 0) is 37.8 Å². The van der Waals surface area contributed by atoms with Gasteiger partial charge in [-0.15, -0.1) is 0 Å². The summed E-state index contributed by atoms with van der Waals surface area (Å²) in [5.74, 6) is -0.475. The molecule has 0 radical (unpaired) electrons. The van der Waals surface area contributed by atoms with Gasteiger partial charge in [0.15, 0.2) is 5.78 Å². The molecule has 2 unspecified atom stereocenters. The molecular formula is C27H36FN3O4S. The van der Waals surface area contributed by atoms with Gasteiger partial charge in [0.2, 0.25) is 5.91 Å². The third-order valence-electron chi connectivity index (χ3n) is 7.22. The van der Waals surface area contributed by atoms with Crippen LogP contribution in [0.15, 0.2) is 35.9 Å². The number of Topliss-reactive ketones (excluding diaryl/α,β-unsaturated/α-hetero) is 1. The van der Waals surface area contributed by atoms with E-state index in [1.807, 2.05) is 0 Å². The van der Waals surface area contributed by atoms with Crippen LogP contribution in [0.4, 0.5) is 4.39 Å². The molecule has 2 aliphatic heterocycles. The Kier molecular flexibility index (Phi) is 9.19. The number of hydrogen-bond donors (Lipinski definition) is 1. The van der Waals surface area contributed by atoms with Crippen molar-refractivity contribution in [3.05, 3.63) is 47.3 Å². The Hall–Kier alpha value is -2.23. The highest BCUT2D eigenvalue weighted by molar-refractivity contribution is 7.81. The van der Waals surface area contributed by atoms with E-state index in [0.717, 1.165) is 31.4 Å². The van der Waals surface area contributed by atoms with Crippen molar-refractivity contribution in [1.82, 2.24) is 14.7 Å². The third kappa shape index (κ3) is 6.75. The van der Waals surface area contributed by atoms with E-state index in [1.54, 1.807) is 30.0 Å². The molecule has 7 nitrogen and oxygen atoms in total. The Labute approximate surface area is 218 Å². The molecule has 36 heavy (non-hydrogen) atoms. The fourth-order valence-corrected chi connectivity index (χ4v) is 5.29. The van der Waals surface area contributed by atoms with E-state index < -0.39 is 6.04 Å². The molecule has 1 saturated carbocycles. The monoisotopic (exact) mass is 517 g/mol. The number of piperazine rings is 1. The molecule has 0 spiro atoms. The van der Waals surface area contributed by atoms with E-state index >= 15 is 0 Å². The Balaban J connectivity index is 1.37. The lowest BCUT2D eigenvalue weighted by atomic mass is 9.93. The molecule has 3 aliphatic rings. The lowest BCUT2D eigenvalue weighted by Gasteiger charge is -2.38. The maximum Gasteiger partial charge on any atom is 0.307 e. The molecule has 196 valence electrons. The number of halogens is 1. The summed E-state index contributed by atoms with van der Waals surface area (Å²) in [5, 5.41) is 0.0696. The van der Waals surface area contributed by atoms with Crippen molar-refractivity contribution >= 4 is 30.3 Å². The van der Waals surface area contributed by atoms with Crippen LogP contribution in [0.1, 0.15) is 44.2 Å². The van der Waals surface area contributed by atoms with Crippen LogP contribution in [0.25, 0.3) is 0 Å². The third-order valence-corrected chi connectivity index (χ3v) is 7.81. The van der Waals surface area contributed by atoms with Crippen molar-refractivity contribution in [2.24, 2.45) is 5.92 Å². The number of esters is 1. The van der Waals surface area contributed by atoms with E-state index in [1.165, 1.54) is 6.07 Å². The molecule has 0 bridgehead atoms. The smallest absolute Gasteiger partial charge is 0.307 e. The zero-order valence-corrected chi connectivity index (χ0v) is 21.8. The van der Waals surface area contributed by atoms with Crippen molar-refractivity contribution < 1.29 is 23.5 Å². The van der Waals surface area contributed by atoms with Gasteiger partial charge >= 0.3 is 5.97 Å². The minimum Gasteiger partial charge on any atom is -0.466 e. The van der Waals surface area contributed by atoms with Crippen LogP contribution in [0.2, 0.25) is 0 Å². The second-order valence-electron chi connectivity index (χ2n) is 9.83. The highest BCUT2D eigenvalue weighted by Crippen LogP contribution is 2.39. The summed E-state index contributed by atoms with van der Waals surface area (Å²) in [5.41, 5.74) is 1.56. The normalized spacial score (nSPS) is 23.6. The predicted octanol–water partition coefficient (Wildman–Crippen LogP) is 2.87. The van der Waals surface area contributed by atoms with E-state index in [-0.39, 0.29) is 41.1 Å². The first-order valence-corrected chi connectivity index (χ1v) is 13.4. The minimum atomic E-state index is -0.576. The number of rotatable bonds is 10. The zero-order valence-electron chi connectivity index (χ0n) is 20.9. The largest absolute Gasteiger partial charge is 0.466 e. The minimum absolute atomic E-state index is 0.00582. The first kappa shape index (κ1) is 26.8. The summed E-state index contributed by atoms with van der Waals surface area (Å²) >= 11 is 4.78. The van der Waals surface area contributed by atoms with Crippen LogP contribution in [-0.2, 0) is 19.1 Å². The van der Waals surface area contributed by atoms with Crippen LogP contribution in [0, 0.1) is 11.7 Å². The summed E-state index contributed by atoms with van der Waals surface area (Å²) in [6, 6.07) is 6.02. The maximum absolute atomic E-state index is 14.7. The SMILES string of the molecule is CCOC(=O)CCN1CCN(C/C=C2/CN(C(C(=O)C3CC3)c3ccccc3F)CCC2S)CC1=O. The number of thiol groups is 1. The van der Waals surface area contributed by atoms with Crippen LogP contribution < -0.4 is 0 Å². The molecule has 1 aromatic carbocycles. The number of hydrogen-bond acceptors (Lipinski definition) is 7. The number of benzene rings is 1. The Bertz CT molecular complexity index is 999. The molecule has 0 aromatic heterocycles. The zero-order chi connectivity index (χ0) is 25.7. The molecule has 1 aromatic rings. The van der Waals surface area contributed by atoms with E-state index in [2.05, 4.69) is 15.9 Å². The molecule has 2 heterocycles. The summed E-state index contributed by atoms with van der Waals surface area (Å²) in [6.45, 7) is 5.92. The summed E-state index contributed by atoms with van der Waals surface area (Å²) < 4.78 is 19.7. The number of nitrogens with zero attached hydrogens (tertiary/aromatic N) is 3. The average molecular weight is 518 g/mol. The molecule has 4 rings (SSSR count). The van der Waals surface area contributed by atoms with Crippen LogP contribution in [-0.4, -0.2) is 90.0 Å². The molecule has 2 atom stereocenters. The topological polar surface area (TPSA) is 70.2 Å². The first-order valence-electron chi connectivity index (χ1n) is 12.9. The second-order valence-corrected chi connectivity index (χ2v) is 10.4. The number of carbonyl (C=O) groups excluding carboxylic acids is 3. The molecular weight excluding hydrogens is 481 g/mol. The van der Waals surface area contributed by atoms with Gasteiger partial charge in [-0.25, -0.2) is 4.39 Å². The number of piperidine rings is 1. The van der Waals surface area contributed by atoms with Crippen molar-refractivity contribution in [3.8, 4) is 0 Å². The standard InChI is InChI=1S/C27H36FN3O4S/c1-2-35-25(33)11-14-30-16-15-29(18-24(30)32)12-9-20-17-31(13-10-23(20)36)26(27(34)19-7-8-19)21-5-3-4-6-22(21)28/h3-6,9,19,23,26,36H,2,7-8,10-18H2,1H3/b20-9-. The number of ether oxygens (including phenoxy) is 1. The molecule has 1 aliphatic carbocycles. The van der Waals surface area contributed by atoms with Gasteiger partial charge < -0.3 is 9.64 Å². The molecule has 0 N–H and O–H groups in total. The molecule has 9 heteroatoms. The van der Waals surface area contributed by atoms with Crippen molar-refractivity contribution in [1.29, 1.82) is 0 Å². The summed E-state index contributed by atoms with van der Waals surface area (Å²) in [4.78, 5) is 43.3. The van der Waals surface area contributed by atoms with Gasteiger partial charge in [-0.2, -0.15) is 12.6 Å². The van der Waals surface area contributed by atoms with E-state index in [0.29, 0.717) is 51.4 Å². The Morgan fingerprint density at radius 3 is 2.64 bits per heavy atom. The quantitative estimate of drug-likeness (QED) is 0.293. The van der Waals surface area contributed by atoms with Gasteiger partial charge in [0.1, 0.15) is 5.82 Å². The fraction of sp³-hybridized carbons (Fsp3) is 0.593. The predicted molar refractivity (Wildman–Crippen MR) is 138 cm³/mol. The second kappa shape index (κ2) is 12.3. The Morgan fingerprint density at radius 2 is 1.94 bits per heavy atom. The van der Waals surface area contributed by atoms with Crippen molar-refractivity contribution in [2.75, 3.05) is 52.4 Å². The van der Waals surface area contributed by atoms with Gasteiger partial charge in [-0.1, -0.05) is 24.3 Å². The average Bonchev–Trinajstić information content (AvgIpc) is 3.71. The fourth-order valence-electron chi connectivity index (χ4n) is 4.99. The Morgan fingerprint density at radius 1 is 1.17 bits per heavy atom. The molecule has 2 saturated heterocycles. The van der Waals surface area contributed by atoms with Crippen LogP contribution >= 0.6 is 12.6 Å². The maximum atomic E-state index is 14.7. The molecule has 3 fully saturated rings. The number of carbonyl (C=O) groups is 3. The number of ketones is 1. The summed E-state index contributed by atoms with van der Waals surface area (Å²) in [7, 11) is 0. The highest BCUT2D eigenvalue weighted by atomic mass is 32.1. The number of likely N-dealkylation sites (tertiary alicyclic amines) is 1. The van der Waals surface area contributed by atoms with Gasteiger partial charge in [0, 0.05) is 56.0 Å². The van der Waals surface area contributed by atoms with Gasteiger partial charge in [-0.3, -0.25) is 24.2 Å². The number of amides is 1. The first-order chi connectivity index (χ1) is 17.4. The van der Waals surface area contributed by atoms with Gasteiger partial charge in [0.05, 0.1) is 25.6 Å². The van der Waals surface area contributed by atoms with Crippen molar-refractivity contribution in [3.63, 3.8) is 0 Å². The van der Waals surface area contributed by atoms with E-state index in [4.69, 9.17) is 17.4 Å².